The van der Waals surface area contributed by atoms with Gasteiger partial charge in [0.15, 0.2) is 18.3 Å². The number of ketones is 1. The molecule has 0 spiro atoms. The molecule has 16 heteroatoms. The van der Waals surface area contributed by atoms with Gasteiger partial charge in [0.05, 0.1) is 11.1 Å². The van der Waals surface area contributed by atoms with Gasteiger partial charge in [0.1, 0.15) is 36.9 Å². The number of benzene rings is 2. The van der Waals surface area contributed by atoms with Crippen molar-refractivity contribution in [2.75, 3.05) is 6.61 Å². The molecule has 2 aromatic rings. The standard InChI is InChI=1S/C35H36O16/c1-15(36)44-13-22-11-24-28(23-9-8-10-25(46-17(3)38)29(23)31(43)30(24)26(12-22)47-18(4)39)33-35(50-21(7)42)34(49-20(6)41)32(48-19(5)40)27(51-33)14-45-16(2)37/h8-12,27-28,32-35H,13-14H2,1-7H3/t27?,28-,32+,33-,34+,35?/m0/s1. The fourth-order valence-corrected chi connectivity index (χ4v) is 6.16. The highest BCUT2D eigenvalue weighted by Crippen LogP contribution is 2.49. The smallest absolute Gasteiger partial charge is 0.308 e. The van der Waals surface area contributed by atoms with Gasteiger partial charge in [-0.2, -0.15) is 0 Å². The molecule has 1 saturated heterocycles. The maximum absolute atomic E-state index is 14.4. The molecule has 1 fully saturated rings. The van der Waals surface area contributed by atoms with Crippen LogP contribution in [0.2, 0.25) is 0 Å². The summed E-state index contributed by atoms with van der Waals surface area (Å²) in [6, 6.07) is 7.19. The summed E-state index contributed by atoms with van der Waals surface area (Å²) < 4.78 is 44.8. The first-order chi connectivity index (χ1) is 24.0. The fraction of sp³-hybridized carbons (Fsp3) is 0.429. The number of rotatable bonds is 10. The van der Waals surface area contributed by atoms with Crippen LogP contribution in [0.1, 0.15) is 87.0 Å². The molecule has 2 unspecified atom stereocenters. The number of carbonyl (C=O) groups excluding carboxylic acids is 8. The number of hydrogen-bond donors (Lipinski definition) is 0. The molecule has 0 bridgehead atoms. The molecule has 51 heavy (non-hydrogen) atoms. The quantitative estimate of drug-likeness (QED) is 0.197. The lowest BCUT2D eigenvalue weighted by Gasteiger charge is -2.48. The van der Waals surface area contributed by atoms with E-state index in [0.29, 0.717) is 0 Å². The molecule has 16 nitrogen and oxygen atoms in total. The minimum absolute atomic E-state index is 0.120. The molecular formula is C35H36O16. The molecule has 0 amide bonds. The lowest BCUT2D eigenvalue weighted by molar-refractivity contribution is -0.254. The van der Waals surface area contributed by atoms with Gasteiger partial charge in [-0.15, -0.1) is 0 Å². The Morgan fingerprint density at radius 3 is 1.73 bits per heavy atom. The van der Waals surface area contributed by atoms with Crippen LogP contribution in [0.15, 0.2) is 30.3 Å². The van der Waals surface area contributed by atoms with E-state index >= 15 is 0 Å². The molecule has 0 saturated carbocycles. The molecule has 0 aromatic heterocycles. The predicted octanol–water partition coefficient (Wildman–Crippen LogP) is 2.40. The summed E-state index contributed by atoms with van der Waals surface area (Å²) in [6.45, 7) is 6.92. The Kier molecular flexibility index (Phi) is 11.9. The average Bonchev–Trinajstić information content (AvgIpc) is 3.00. The number of hydrogen-bond acceptors (Lipinski definition) is 16. The Morgan fingerprint density at radius 1 is 0.608 bits per heavy atom. The zero-order chi connectivity index (χ0) is 37.7. The van der Waals surface area contributed by atoms with Crippen LogP contribution in [0.5, 0.6) is 11.5 Å². The lowest BCUT2D eigenvalue weighted by atomic mass is 9.71. The van der Waals surface area contributed by atoms with Gasteiger partial charge in [0, 0.05) is 54.4 Å². The van der Waals surface area contributed by atoms with Gasteiger partial charge in [-0.3, -0.25) is 38.4 Å². The summed E-state index contributed by atoms with van der Waals surface area (Å²) in [6.07, 6.45) is -7.41. The van der Waals surface area contributed by atoms with Crippen molar-refractivity contribution in [2.45, 2.75) is 91.5 Å². The summed E-state index contributed by atoms with van der Waals surface area (Å²) in [4.78, 5) is 100. The van der Waals surface area contributed by atoms with E-state index in [1.807, 2.05) is 0 Å². The summed E-state index contributed by atoms with van der Waals surface area (Å²) in [5.74, 6) is -7.84. The summed E-state index contributed by atoms with van der Waals surface area (Å²) >= 11 is 0. The summed E-state index contributed by atoms with van der Waals surface area (Å²) in [5.41, 5.74) is 0.240. The van der Waals surface area contributed by atoms with Gasteiger partial charge in [-0.25, -0.2) is 0 Å². The third-order valence-electron chi connectivity index (χ3n) is 7.68. The highest BCUT2D eigenvalue weighted by atomic mass is 16.7. The molecule has 4 rings (SSSR count). The van der Waals surface area contributed by atoms with Crippen LogP contribution in [0.25, 0.3) is 0 Å². The van der Waals surface area contributed by atoms with Crippen molar-refractivity contribution in [3.8, 4) is 11.5 Å². The van der Waals surface area contributed by atoms with E-state index in [4.69, 9.17) is 37.9 Å². The number of esters is 7. The zero-order valence-corrected chi connectivity index (χ0v) is 28.8. The second-order valence-electron chi connectivity index (χ2n) is 11.7. The Bertz CT molecular complexity index is 1780. The molecule has 0 N–H and O–H groups in total. The van der Waals surface area contributed by atoms with Crippen LogP contribution in [0, 0.1) is 0 Å². The van der Waals surface area contributed by atoms with E-state index in [-0.39, 0.29) is 45.9 Å². The van der Waals surface area contributed by atoms with Gasteiger partial charge < -0.3 is 37.9 Å². The summed E-state index contributed by atoms with van der Waals surface area (Å²) in [7, 11) is 0. The van der Waals surface area contributed by atoms with Crippen LogP contribution in [0.4, 0.5) is 0 Å². The molecule has 1 aliphatic heterocycles. The normalized spacial score (nSPS) is 21.9. The van der Waals surface area contributed by atoms with E-state index in [1.165, 1.54) is 37.3 Å². The van der Waals surface area contributed by atoms with Gasteiger partial charge in [-0.05, 0) is 28.8 Å². The molecule has 2 aliphatic rings. The Morgan fingerprint density at radius 2 is 1.16 bits per heavy atom. The monoisotopic (exact) mass is 712 g/mol. The second kappa shape index (κ2) is 15.9. The minimum atomic E-state index is -1.57. The number of carbonyl (C=O) groups is 8. The molecule has 1 aliphatic carbocycles. The van der Waals surface area contributed by atoms with Gasteiger partial charge in [0.25, 0.3) is 0 Å². The zero-order valence-electron chi connectivity index (χ0n) is 28.8. The van der Waals surface area contributed by atoms with Crippen LogP contribution >= 0.6 is 0 Å². The molecule has 0 radical (unpaired) electrons. The lowest BCUT2D eigenvalue weighted by Crippen LogP contribution is -2.63. The predicted molar refractivity (Wildman–Crippen MR) is 168 cm³/mol. The molecule has 1 heterocycles. The first kappa shape index (κ1) is 38.2. The molecule has 6 atom stereocenters. The molecular weight excluding hydrogens is 676 g/mol. The Labute approximate surface area is 291 Å². The fourth-order valence-electron chi connectivity index (χ4n) is 6.16. The first-order valence-electron chi connectivity index (χ1n) is 15.6. The highest BCUT2D eigenvalue weighted by Gasteiger charge is 2.56. The molecule has 272 valence electrons. The largest absolute Gasteiger partial charge is 0.463 e. The van der Waals surface area contributed by atoms with Crippen molar-refractivity contribution in [1.29, 1.82) is 0 Å². The Balaban J connectivity index is 2.10. The maximum atomic E-state index is 14.4. The first-order valence-corrected chi connectivity index (χ1v) is 15.6. The van der Waals surface area contributed by atoms with E-state index in [9.17, 15) is 38.4 Å². The van der Waals surface area contributed by atoms with E-state index in [1.54, 1.807) is 0 Å². The minimum Gasteiger partial charge on any atom is -0.463 e. The third-order valence-corrected chi connectivity index (χ3v) is 7.68. The van der Waals surface area contributed by atoms with Crippen LogP contribution < -0.4 is 9.47 Å². The average molecular weight is 713 g/mol. The highest BCUT2D eigenvalue weighted by molar-refractivity contribution is 6.16. The van der Waals surface area contributed by atoms with E-state index in [0.717, 1.165) is 41.5 Å². The van der Waals surface area contributed by atoms with Crippen molar-refractivity contribution in [1.82, 2.24) is 0 Å². The van der Waals surface area contributed by atoms with Gasteiger partial charge >= 0.3 is 41.8 Å². The van der Waals surface area contributed by atoms with Crippen molar-refractivity contribution in [3.05, 3.63) is 58.1 Å². The van der Waals surface area contributed by atoms with Gasteiger partial charge in [0.2, 0.25) is 5.78 Å². The molecule has 2 aromatic carbocycles. The van der Waals surface area contributed by atoms with Crippen molar-refractivity contribution in [3.63, 3.8) is 0 Å². The van der Waals surface area contributed by atoms with Crippen molar-refractivity contribution in [2.24, 2.45) is 0 Å². The third kappa shape index (κ3) is 8.94. The second-order valence-corrected chi connectivity index (χ2v) is 11.7. The SMILES string of the molecule is CC(=O)OCc1cc(OC(C)=O)c2c(c1)[C@@H]([C@@H]1OC(COC(C)=O)[C@@H](OC(C)=O)[C@@H](OC(C)=O)C1OC(C)=O)c1cccc(OC(C)=O)c1C2=O. The number of fused-ring (bicyclic) bond motifs is 2. The van der Waals surface area contributed by atoms with E-state index in [2.05, 4.69) is 0 Å². The van der Waals surface area contributed by atoms with Crippen LogP contribution in [-0.4, -0.2) is 84.7 Å². The van der Waals surface area contributed by atoms with Crippen molar-refractivity contribution < 1.29 is 76.3 Å². The van der Waals surface area contributed by atoms with E-state index < -0.39 is 90.6 Å². The van der Waals surface area contributed by atoms with Gasteiger partial charge in [-0.1, -0.05) is 18.2 Å². The van der Waals surface area contributed by atoms with Crippen LogP contribution in [0.3, 0.4) is 0 Å². The Hall–Kier alpha value is -5.64. The number of ether oxygens (including phenoxy) is 8. The topological polar surface area (TPSA) is 210 Å². The maximum Gasteiger partial charge on any atom is 0.308 e. The van der Waals surface area contributed by atoms with Crippen molar-refractivity contribution >= 4 is 47.6 Å². The van der Waals surface area contributed by atoms with Crippen LogP contribution in [-0.2, 0) is 68.6 Å². The summed E-state index contributed by atoms with van der Waals surface area (Å²) in [5, 5.41) is 0.